The first-order valence-corrected chi connectivity index (χ1v) is 7.41. The summed E-state index contributed by atoms with van der Waals surface area (Å²) in [6.07, 6.45) is 9.61. The van der Waals surface area contributed by atoms with Crippen LogP contribution >= 0.6 is 0 Å². The van der Waals surface area contributed by atoms with Gasteiger partial charge in [-0.05, 0) is 36.5 Å². The molecule has 1 atom stereocenters. The summed E-state index contributed by atoms with van der Waals surface area (Å²) in [6.45, 7) is 0. The highest BCUT2D eigenvalue weighted by Crippen LogP contribution is 2.29. The monoisotopic (exact) mass is 254 g/mol. The number of rotatable bonds is 4. The second-order valence-corrected chi connectivity index (χ2v) is 5.84. The van der Waals surface area contributed by atoms with Crippen molar-refractivity contribution >= 4 is 10.9 Å². The summed E-state index contributed by atoms with van der Waals surface area (Å²) in [5, 5.41) is 1.26. The quantitative estimate of drug-likeness (QED) is 0.903. The zero-order chi connectivity index (χ0) is 13.1. The number of aromatic nitrogens is 1. The van der Waals surface area contributed by atoms with Crippen molar-refractivity contribution in [2.24, 2.45) is 11.7 Å². The molecule has 2 aromatic rings. The standard InChI is InChI=1S/C17H22N2/c18-15(11-13-5-1-2-6-13)12-14-9-10-19-17-8-4-3-7-16(14)17/h3-4,7-10,13,15H,1-2,5-6,11-12,18H2. The Morgan fingerprint density at radius 2 is 1.95 bits per heavy atom. The molecule has 0 spiro atoms. The van der Waals surface area contributed by atoms with Crippen molar-refractivity contribution in [3.05, 3.63) is 42.1 Å². The molecular formula is C17H22N2. The van der Waals surface area contributed by atoms with Crippen molar-refractivity contribution in [2.45, 2.75) is 44.6 Å². The Morgan fingerprint density at radius 3 is 2.79 bits per heavy atom. The third-order valence-electron chi connectivity index (χ3n) is 4.33. The van der Waals surface area contributed by atoms with Crippen molar-refractivity contribution in [3.63, 3.8) is 0 Å². The van der Waals surface area contributed by atoms with Gasteiger partial charge in [0.15, 0.2) is 0 Å². The van der Waals surface area contributed by atoms with E-state index in [0.717, 1.165) is 17.9 Å². The van der Waals surface area contributed by atoms with Crippen LogP contribution in [0.1, 0.15) is 37.7 Å². The lowest BCUT2D eigenvalue weighted by molar-refractivity contribution is 0.441. The van der Waals surface area contributed by atoms with Crippen LogP contribution in [0.4, 0.5) is 0 Å². The van der Waals surface area contributed by atoms with E-state index in [2.05, 4.69) is 29.2 Å². The summed E-state index contributed by atoms with van der Waals surface area (Å²) < 4.78 is 0. The molecule has 0 amide bonds. The topological polar surface area (TPSA) is 38.9 Å². The van der Waals surface area contributed by atoms with Gasteiger partial charge in [-0.15, -0.1) is 0 Å². The third-order valence-corrected chi connectivity index (χ3v) is 4.33. The predicted octanol–water partition coefficient (Wildman–Crippen LogP) is 3.68. The van der Waals surface area contributed by atoms with Crippen LogP contribution in [-0.2, 0) is 6.42 Å². The zero-order valence-corrected chi connectivity index (χ0v) is 11.4. The Balaban J connectivity index is 1.73. The molecule has 0 radical (unpaired) electrons. The maximum atomic E-state index is 6.36. The van der Waals surface area contributed by atoms with Crippen LogP contribution in [-0.4, -0.2) is 11.0 Å². The summed E-state index contributed by atoms with van der Waals surface area (Å²) in [4.78, 5) is 4.41. The van der Waals surface area contributed by atoms with Gasteiger partial charge in [0.2, 0.25) is 0 Å². The fourth-order valence-electron chi connectivity index (χ4n) is 3.37. The minimum Gasteiger partial charge on any atom is -0.327 e. The second kappa shape index (κ2) is 5.70. The maximum absolute atomic E-state index is 6.36. The highest BCUT2D eigenvalue weighted by Gasteiger charge is 2.18. The highest BCUT2D eigenvalue weighted by atomic mass is 14.7. The molecule has 1 saturated carbocycles. The molecule has 0 aliphatic heterocycles. The van der Waals surface area contributed by atoms with Gasteiger partial charge in [0.25, 0.3) is 0 Å². The SMILES string of the molecule is NC(Cc1ccnc2ccccc12)CC1CCCC1. The molecule has 0 saturated heterocycles. The summed E-state index contributed by atoms with van der Waals surface area (Å²) in [5.74, 6) is 0.864. The second-order valence-electron chi connectivity index (χ2n) is 5.84. The number of para-hydroxylation sites is 1. The molecule has 1 fully saturated rings. The lowest BCUT2D eigenvalue weighted by Crippen LogP contribution is -2.25. The number of benzene rings is 1. The fraction of sp³-hybridized carbons (Fsp3) is 0.471. The van der Waals surface area contributed by atoms with Gasteiger partial charge in [0, 0.05) is 17.6 Å². The maximum Gasteiger partial charge on any atom is 0.0704 e. The molecule has 3 rings (SSSR count). The average molecular weight is 254 g/mol. The van der Waals surface area contributed by atoms with Crippen molar-refractivity contribution in [1.29, 1.82) is 0 Å². The molecule has 1 unspecified atom stereocenters. The first-order valence-electron chi connectivity index (χ1n) is 7.41. The van der Waals surface area contributed by atoms with Crippen LogP contribution in [0.3, 0.4) is 0 Å². The highest BCUT2D eigenvalue weighted by molar-refractivity contribution is 5.81. The van der Waals surface area contributed by atoms with Crippen LogP contribution in [0.2, 0.25) is 0 Å². The van der Waals surface area contributed by atoms with Crippen molar-refractivity contribution in [3.8, 4) is 0 Å². The number of hydrogen-bond donors (Lipinski definition) is 1. The molecular weight excluding hydrogens is 232 g/mol. The summed E-state index contributed by atoms with van der Waals surface area (Å²) in [6, 6.07) is 10.8. The van der Waals surface area contributed by atoms with Gasteiger partial charge in [-0.3, -0.25) is 4.98 Å². The average Bonchev–Trinajstić information content (AvgIpc) is 2.92. The summed E-state index contributed by atoms with van der Waals surface area (Å²) >= 11 is 0. The van der Waals surface area contributed by atoms with Crippen LogP contribution in [0.15, 0.2) is 36.5 Å². The van der Waals surface area contributed by atoms with Crippen molar-refractivity contribution < 1.29 is 0 Å². The van der Waals surface area contributed by atoms with Crippen LogP contribution in [0.5, 0.6) is 0 Å². The van der Waals surface area contributed by atoms with Crippen LogP contribution < -0.4 is 5.73 Å². The van der Waals surface area contributed by atoms with E-state index in [1.165, 1.54) is 43.1 Å². The summed E-state index contributed by atoms with van der Waals surface area (Å²) in [5.41, 5.74) is 8.78. The van der Waals surface area contributed by atoms with E-state index in [-0.39, 0.29) is 6.04 Å². The van der Waals surface area contributed by atoms with Crippen LogP contribution in [0, 0.1) is 5.92 Å². The number of pyridine rings is 1. The third kappa shape index (κ3) is 2.95. The molecule has 100 valence electrons. The molecule has 1 aromatic heterocycles. The van der Waals surface area contributed by atoms with Gasteiger partial charge in [-0.1, -0.05) is 43.9 Å². The van der Waals surface area contributed by atoms with Gasteiger partial charge in [-0.25, -0.2) is 0 Å². The molecule has 2 N–H and O–H groups in total. The minimum absolute atomic E-state index is 0.286. The van der Waals surface area contributed by atoms with E-state index in [9.17, 15) is 0 Å². The number of nitrogens with two attached hydrogens (primary N) is 1. The van der Waals surface area contributed by atoms with Gasteiger partial charge in [0.05, 0.1) is 5.52 Å². The van der Waals surface area contributed by atoms with Gasteiger partial charge < -0.3 is 5.73 Å². The Labute approximate surface area is 115 Å². The van der Waals surface area contributed by atoms with E-state index in [0.29, 0.717) is 0 Å². The molecule has 1 aromatic carbocycles. The molecule has 1 heterocycles. The normalized spacial score (nSPS) is 17.9. The van der Waals surface area contributed by atoms with E-state index >= 15 is 0 Å². The lowest BCUT2D eigenvalue weighted by atomic mass is 9.93. The zero-order valence-electron chi connectivity index (χ0n) is 11.4. The number of hydrogen-bond acceptors (Lipinski definition) is 2. The van der Waals surface area contributed by atoms with Gasteiger partial charge in [0.1, 0.15) is 0 Å². The number of nitrogens with zero attached hydrogens (tertiary/aromatic N) is 1. The van der Waals surface area contributed by atoms with Gasteiger partial charge in [-0.2, -0.15) is 0 Å². The largest absolute Gasteiger partial charge is 0.327 e. The summed E-state index contributed by atoms with van der Waals surface area (Å²) in [7, 11) is 0. The van der Waals surface area contributed by atoms with E-state index in [1.54, 1.807) is 0 Å². The molecule has 1 aliphatic rings. The Morgan fingerprint density at radius 1 is 1.16 bits per heavy atom. The molecule has 2 heteroatoms. The van der Waals surface area contributed by atoms with Crippen LogP contribution in [0.25, 0.3) is 10.9 Å². The minimum atomic E-state index is 0.286. The van der Waals surface area contributed by atoms with E-state index < -0.39 is 0 Å². The molecule has 19 heavy (non-hydrogen) atoms. The van der Waals surface area contributed by atoms with Crippen molar-refractivity contribution in [1.82, 2.24) is 4.98 Å². The van der Waals surface area contributed by atoms with Gasteiger partial charge >= 0.3 is 0 Å². The van der Waals surface area contributed by atoms with Crippen molar-refractivity contribution in [2.75, 3.05) is 0 Å². The van der Waals surface area contributed by atoms with E-state index in [1.807, 2.05) is 12.3 Å². The van der Waals surface area contributed by atoms with E-state index in [4.69, 9.17) is 5.73 Å². The lowest BCUT2D eigenvalue weighted by Gasteiger charge is -2.17. The molecule has 0 bridgehead atoms. The first kappa shape index (κ1) is 12.6. The Kier molecular flexibility index (Phi) is 3.79. The first-order chi connectivity index (χ1) is 9.33. The Hall–Kier alpha value is -1.41. The smallest absolute Gasteiger partial charge is 0.0704 e. The molecule has 1 aliphatic carbocycles. The fourth-order valence-corrected chi connectivity index (χ4v) is 3.37. The molecule has 2 nitrogen and oxygen atoms in total. The predicted molar refractivity (Wildman–Crippen MR) is 80.0 cm³/mol. The number of fused-ring (bicyclic) bond motifs is 1. The Bertz CT molecular complexity index is 538.